The van der Waals surface area contributed by atoms with E-state index in [-0.39, 0.29) is 31.0 Å². The van der Waals surface area contributed by atoms with Crippen molar-refractivity contribution >= 4 is 18.0 Å². The van der Waals surface area contributed by atoms with Gasteiger partial charge >= 0.3 is 12.1 Å². The lowest BCUT2D eigenvalue weighted by molar-refractivity contribution is -0.144. The van der Waals surface area contributed by atoms with Gasteiger partial charge in [-0.25, -0.2) is 4.79 Å². The summed E-state index contributed by atoms with van der Waals surface area (Å²) < 4.78 is 5.58. The van der Waals surface area contributed by atoms with Crippen molar-refractivity contribution in [1.82, 2.24) is 10.6 Å². The molecule has 0 radical (unpaired) electrons. The van der Waals surface area contributed by atoms with E-state index in [4.69, 9.17) is 4.74 Å². The fourth-order valence-electron chi connectivity index (χ4n) is 5.45. The normalized spacial score (nSPS) is 22.2. The topological polar surface area (TPSA) is 105 Å². The standard InChI is InChI=1S/C27H30N2O5/c30-24(31)21-11-5-6-12-23(21)29-25(32)27(13-14-27)16-28-26(33)34-15-22-19-9-3-1-7-17(19)18-8-2-4-10-20(18)22/h1-4,7-10,21-23H,5-6,11-16H2,(H,28,33)(H,29,32)(H,30,31). The summed E-state index contributed by atoms with van der Waals surface area (Å²) in [4.78, 5) is 37.0. The predicted molar refractivity (Wildman–Crippen MR) is 126 cm³/mol. The second-order valence-corrected chi connectivity index (χ2v) is 9.77. The van der Waals surface area contributed by atoms with Gasteiger partial charge in [0.05, 0.1) is 11.3 Å². The zero-order chi connectivity index (χ0) is 23.7. The smallest absolute Gasteiger partial charge is 0.407 e. The fourth-order valence-corrected chi connectivity index (χ4v) is 5.45. The largest absolute Gasteiger partial charge is 0.481 e. The Kier molecular flexibility index (Phi) is 6.02. The van der Waals surface area contributed by atoms with Gasteiger partial charge in [0.2, 0.25) is 5.91 Å². The van der Waals surface area contributed by atoms with E-state index in [1.807, 2.05) is 24.3 Å². The molecule has 2 aromatic rings. The molecule has 2 unspecified atom stereocenters. The van der Waals surface area contributed by atoms with Crippen LogP contribution < -0.4 is 10.6 Å². The first-order valence-electron chi connectivity index (χ1n) is 12.1. The number of aliphatic carboxylic acids is 1. The Balaban J connectivity index is 1.16. The molecule has 2 aromatic carbocycles. The third-order valence-corrected chi connectivity index (χ3v) is 7.65. The van der Waals surface area contributed by atoms with E-state index < -0.39 is 23.4 Å². The Bertz CT molecular complexity index is 1060. The number of rotatable bonds is 7. The number of benzene rings is 2. The Morgan fingerprint density at radius 2 is 1.56 bits per heavy atom. The van der Waals surface area contributed by atoms with Gasteiger partial charge < -0.3 is 20.5 Å². The molecule has 3 aliphatic carbocycles. The van der Waals surface area contributed by atoms with Crippen molar-refractivity contribution < 1.29 is 24.2 Å². The van der Waals surface area contributed by atoms with E-state index in [1.54, 1.807) is 0 Å². The average molecular weight is 463 g/mol. The van der Waals surface area contributed by atoms with Crippen LogP contribution in [0.4, 0.5) is 4.79 Å². The van der Waals surface area contributed by atoms with Crippen LogP contribution in [0.15, 0.2) is 48.5 Å². The Hall–Kier alpha value is -3.35. The maximum atomic E-state index is 12.9. The zero-order valence-corrected chi connectivity index (χ0v) is 19.1. The summed E-state index contributed by atoms with van der Waals surface area (Å²) in [6, 6.07) is 16.0. The van der Waals surface area contributed by atoms with Crippen molar-refractivity contribution in [3.05, 3.63) is 59.7 Å². The van der Waals surface area contributed by atoms with Crippen molar-refractivity contribution in [2.45, 2.75) is 50.5 Å². The molecule has 2 fully saturated rings. The lowest BCUT2D eigenvalue weighted by atomic mass is 9.84. The first kappa shape index (κ1) is 22.4. The number of carboxylic acids is 1. The highest BCUT2D eigenvalue weighted by Gasteiger charge is 2.51. The van der Waals surface area contributed by atoms with Crippen LogP contribution in [0, 0.1) is 11.3 Å². The molecule has 0 saturated heterocycles. The van der Waals surface area contributed by atoms with Gasteiger partial charge in [-0.2, -0.15) is 0 Å². The third-order valence-electron chi connectivity index (χ3n) is 7.65. The molecule has 3 N–H and O–H groups in total. The summed E-state index contributed by atoms with van der Waals surface area (Å²) in [7, 11) is 0. The number of nitrogens with one attached hydrogen (secondary N) is 2. The molecular weight excluding hydrogens is 432 g/mol. The average Bonchev–Trinajstić information content (AvgIpc) is 3.58. The summed E-state index contributed by atoms with van der Waals surface area (Å²) in [6.45, 7) is 0.418. The summed E-state index contributed by atoms with van der Waals surface area (Å²) in [5.41, 5.74) is 3.97. The maximum Gasteiger partial charge on any atom is 0.407 e. The molecule has 7 heteroatoms. The van der Waals surface area contributed by atoms with Crippen LogP contribution >= 0.6 is 0 Å². The van der Waals surface area contributed by atoms with E-state index in [0.29, 0.717) is 25.7 Å². The van der Waals surface area contributed by atoms with Crippen LogP contribution in [0.25, 0.3) is 11.1 Å². The molecule has 0 aliphatic heterocycles. The number of carbonyl (C=O) groups excluding carboxylic acids is 2. The molecular formula is C27H30N2O5. The van der Waals surface area contributed by atoms with E-state index >= 15 is 0 Å². The van der Waals surface area contributed by atoms with Crippen LogP contribution in [0.2, 0.25) is 0 Å². The van der Waals surface area contributed by atoms with Crippen molar-refractivity contribution in [2.75, 3.05) is 13.2 Å². The van der Waals surface area contributed by atoms with Gasteiger partial charge in [-0.15, -0.1) is 0 Å². The fraction of sp³-hybridized carbons (Fsp3) is 0.444. The number of amides is 2. The number of alkyl carbamates (subject to hydrolysis) is 1. The van der Waals surface area contributed by atoms with Crippen LogP contribution in [0.3, 0.4) is 0 Å². The Labute approximate surface area is 198 Å². The molecule has 0 spiro atoms. The second kappa shape index (κ2) is 9.12. The minimum Gasteiger partial charge on any atom is -0.481 e. The minimum absolute atomic E-state index is 0.0180. The lowest BCUT2D eigenvalue weighted by Gasteiger charge is -2.30. The molecule has 2 atom stereocenters. The highest BCUT2D eigenvalue weighted by atomic mass is 16.5. The molecule has 7 nitrogen and oxygen atoms in total. The first-order chi connectivity index (χ1) is 16.5. The van der Waals surface area contributed by atoms with E-state index in [1.165, 1.54) is 11.1 Å². The Morgan fingerprint density at radius 1 is 0.941 bits per heavy atom. The van der Waals surface area contributed by atoms with Crippen LogP contribution in [-0.4, -0.2) is 42.3 Å². The number of carbonyl (C=O) groups is 3. The van der Waals surface area contributed by atoms with Crippen molar-refractivity contribution in [3.63, 3.8) is 0 Å². The van der Waals surface area contributed by atoms with E-state index in [9.17, 15) is 19.5 Å². The van der Waals surface area contributed by atoms with E-state index in [2.05, 4.69) is 34.9 Å². The minimum atomic E-state index is -0.855. The summed E-state index contributed by atoms with van der Waals surface area (Å²) >= 11 is 0. The first-order valence-corrected chi connectivity index (χ1v) is 12.1. The summed E-state index contributed by atoms with van der Waals surface area (Å²) in [5, 5.41) is 15.2. The number of ether oxygens (including phenoxy) is 1. The molecule has 5 rings (SSSR count). The van der Waals surface area contributed by atoms with Crippen LogP contribution in [-0.2, 0) is 14.3 Å². The number of hydrogen-bond acceptors (Lipinski definition) is 4. The second-order valence-electron chi connectivity index (χ2n) is 9.77. The predicted octanol–water partition coefficient (Wildman–Crippen LogP) is 4.06. The van der Waals surface area contributed by atoms with Gasteiger partial charge in [-0.1, -0.05) is 61.4 Å². The quantitative estimate of drug-likeness (QED) is 0.576. The van der Waals surface area contributed by atoms with Crippen LogP contribution in [0.5, 0.6) is 0 Å². The van der Waals surface area contributed by atoms with E-state index in [0.717, 1.165) is 24.0 Å². The van der Waals surface area contributed by atoms with Crippen molar-refractivity contribution in [1.29, 1.82) is 0 Å². The van der Waals surface area contributed by atoms with Crippen LogP contribution in [0.1, 0.15) is 55.6 Å². The highest BCUT2D eigenvalue weighted by molar-refractivity contribution is 5.87. The SMILES string of the molecule is O=C(NCC1(C(=O)NC2CCCCC2C(=O)O)CC1)OCC1c2ccccc2-c2ccccc21. The lowest BCUT2D eigenvalue weighted by Crippen LogP contribution is -2.49. The number of carboxylic acid groups (broad SMARTS) is 1. The van der Waals surface area contributed by atoms with Gasteiger partial charge in [0.1, 0.15) is 6.61 Å². The monoisotopic (exact) mass is 462 g/mol. The third kappa shape index (κ3) is 4.27. The van der Waals surface area contributed by atoms with Gasteiger partial charge in [0.15, 0.2) is 0 Å². The highest BCUT2D eigenvalue weighted by Crippen LogP contribution is 2.46. The maximum absolute atomic E-state index is 12.9. The molecule has 2 saturated carbocycles. The van der Waals surface area contributed by atoms with Crippen molar-refractivity contribution in [2.24, 2.45) is 11.3 Å². The molecule has 178 valence electrons. The zero-order valence-electron chi connectivity index (χ0n) is 19.1. The van der Waals surface area contributed by atoms with Gasteiger partial charge in [-0.3, -0.25) is 9.59 Å². The summed E-state index contributed by atoms with van der Waals surface area (Å²) in [5.74, 6) is -1.57. The summed E-state index contributed by atoms with van der Waals surface area (Å²) in [6.07, 6.45) is 3.86. The number of hydrogen-bond donors (Lipinski definition) is 3. The van der Waals surface area contributed by atoms with Crippen molar-refractivity contribution in [3.8, 4) is 11.1 Å². The molecule has 0 aromatic heterocycles. The molecule has 34 heavy (non-hydrogen) atoms. The Morgan fingerprint density at radius 3 is 2.18 bits per heavy atom. The molecule has 0 bridgehead atoms. The van der Waals surface area contributed by atoms with Gasteiger partial charge in [0.25, 0.3) is 0 Å². The van der Waals surface area contributed by atoms with Gasteiger partial charge in [0, 0.05) is 18.5 Å². The number of fused-ring (bicyclic) bond motifs is 3. The molecule has 0 heterocycles. The molecule has 2 amide bonds. The van der Waals surface area contributed by atoms with Gasteiger partial charge in [-0.05, 0) is 47.9 Å². The molecule has 3 aliphatic rings.